The lowest BCUT2D eigenvalue weighted by Crippen LogP contribution is -1.99. The third kappa shape index (κ3) is 5.35. The van der Waals surface area contributed by atoms with Crippen LogP contribution in [-0.4, -0.2) is 16.2 Å². The van der Waals surface area contributed by atoms with Gasteiger partial charge in [0, 0.05) is 0 Å². The third-order valence-corrected chi connectivity index (χ3v) is 4.75. The second-order valence-electron chi connectivity index (χ2n) is 6.76. The van der Waals surface area contributed by atoms with Crippen LogP contribution in [0.15, 0.2) is 42.5 Å². The summed E-state index contributed by atoms with van der Waals surface area (Å²) in [5, 5.41) is 19.0. The molecule has 0 bridgehead atoms. The Balaban J connectivity index is 2.17. The van der Waals surface area contributed by atoms with Crippen LogP contribution in [0, 0.1) is 0 Å². The van der Waals surface area contributed by atoms with Crippen molar-refractivity contribution in [2.75, 3.05) is 0 Å². The molecule has 134 valence electrons. The quantitative estimate of drug-likeness (QED) is 0.533. The van der Waals surface area contributed by atoms with Gasteiger partial charge in [0.1, 0.15) is 5.75 Å². The predicted molar refractivity (Wildman–Crippen MR) is 102 cm³/mol. The number of hydrogen-bond donors (Lipinski definition) is 2. The normalized spacial score (nSPS) is 12.1. The number of hydrogen-bond acceptors (Lipinski definition) is 2. The minimum atomic E-state index is -0.919. The van der Waals surface area contributed by atoms with Gasteiger partial charge in [0.25, 0.3) is 0 Å². The molecule has 25 heavy (non-hydrogen) atoms. The minimum Gasteiger partial charge on any atom is -0.508 e. The highest BCUT2D eigenvalue weighted by atomic mass is 16.4. The highest BCUT2D eigenvalue weighted by molar-refractivity contribution is 5.88. The van der Waals surface area contributed by atoms with E-state index in [-0.39, 0.29) is 11.3 Å². The van der Waals surface area contributed by atoms with Gasteiger partial charge < -0.3 is 10.2 Å². The van der Waals surface area contributed by atoms with Crippen molar-refractivity contribution in [3.05, 3.63) is 53.6 Å². The number of carboxylic acid groups (broad SMARTS) is 1. The van der Waals surface area contributed by atoms with Crippen molar-refractivity contribution in [2.45, 2.75) is 58.3 Å². The molecule has 3 heteroatoms. The van der Waals surface area contributed by atoms with Gasteiger partial charge in [0.05, 0.1) is 5.56 Å². The highest BCUT2D eigenvalue weighted by Gasteiger charge is 2.14. The number of carbonyl (C=O) groups is 1. The van der Waals surface area contributed by atoms with Gasteiger partial charge in [-0.05, 0) is 53.3 Å². The molecule has 0 amide bonds. The average Bonchev–Trinajstić information content (AvgIpc) is 2.61. The molecule has 2 aromatic rings. The zero-order valence-corrected chi connectivity index (χ0v) is 15.2. The maximum absolute atomic E-state index is 11.0. The second kappa shape index (κ2) is 9.26. The Morgan fingerprint density at radius 1 is 1.00 bits per heavy atom. The summed E-state index contributed by atoms with van der Waals surface area (Å²) in [6.07, 6.45) is 7.36. The van der Waals surface area contributed by atoms with Crippen LogP contribution < -0.4 is 0 Å². The number of carboxylic acids is 1. The monoisotopic (exact) mass is 340 g/mol. The molecule has 0 unspecified atom stereocenters. The van der Waals surface area contributed by atoms with Gasteiger partial charge in [-0.3, -0.25) is 0 Å². The van der Waals surface area contributed by atoms with E-state index in [0.29, 0.717) is 5.92 Å². The Bertz CT molecular complexity index is 689. The fraction of sp³-hybridized carbons (Fsp3) is 0.409. The predicted octanol–water partition coefficient (Wildman–Crippen LogP) is 6.22. The lowest BCUT2D eigenvalue weighted by Gasteiger charge is -2.17. The number of phenols is 1. The molecule has 3 nitrogen and oxygen atoms in total. The molecule has 2 rings (SSSR count). The molecule has 2 aromatic carbocycles. The molecule has 0 saturated heterocycles. The molecule has 2 N–H and O–H groups in total. The standard InChI is InChI=1S/C22H28O3/c1-3-4-5-6-7-8-16(2)21-15-19(23)13-14-20(21)17-9-11-18(12-10-17)22(24)25/h9-16,23H,3-8H2,1-2H3,(H,24,25)/t16-/m1/s1. The third-order valence-electron chi connectivity index (χ3n) is 4.75. The smallest absolute Gasteiger partial charge is 0.335 e. The zero-order chi connectivity index (χ0) is 18.2. The topological polar surface area (TPSA) is 57.5 Å². The van der Waals surface area contributed by atoms with Crippen molar-refractivity contribution in [1.29, 1.82) is 0 Å². The second-order valence-corrected chi connectivity index (χ2v) is 6.76. The Morgan fingerprint density at radius 3 is 2.32 bits per heavy atom. The van der Waals surface area contributed by atoms with Gasteiger partial charge in [0.2, 0.25) is 0 Å². The highest BCUT2D eigenvalue weighted by Crippen LogP contribution is 2.34. The molecule has 0 radical (unpaired) electrons. The number of benzene rings is 2. The molecule has 0 aliphatic heterocycles. The average molecular weight is 340 g/mol. The van der Waals surface area contributed by atoms with Crippen molar-refractivity contribution < 1.29 is 15.0 Å². The summed E-state index contributed by atoms with van der Waals surface area (Å²) < 4.78 is 0. The molecule has 1 atom stereocenters. The number of phenolic OH excluding ortho intramolecular Hbond substituents is 1. The molecule has 0 aliphatic carbocycles. The first kappa shape index (κ1) is 19.0. The maximum Gasteiger partial charge on any atom is 0.335 e. The maximum atomic E-state index is 11.0. The fourth-order valence-corrected chi connectivity index (χ4v) is 3.22. The van der Waals surface area contributed by atoms with E-state index in [1.54, 1.807) is 18.2 Å². The van der Waals surface area contributed by atoms with E-state index in [4.69, 9.17) is 5.11 Å². The first-order valence-electron chi connectivity index (χ1n) is 9.19. The number of unbranched alkanes of at least 4 members (excludes halogenated alkanes) is 4. The summed E-state index contributed by atoms with van der Waals surface area (Å²) in [5.41, 5.74) is 3.46. The molecule has 0 aliphatic rings. The number of aromatic hydroxyl groups is 1. The van der Waals surface area contributed by atoms with E-state index in [1.807, 2.05) is 24.3 Å². The fourth-order valence-electron chi connectivity index (χ4n) is 3.22. The minimum absolute atomic E-state index is 0.277. The van der Waals surface area contributed by atoms with Gasteiger partial charge in [-0.1, -0.05) is 64.2 Å². The first-order chi connectivity index (χ1) is 12.0. The number of aromatic carboxylic acids is 1. The molecule has 0 aromatic heterocycles. The number of rotatable bonds is 9. The van der Waals surface area contributed by atoms with E-state index < -0.39 is 5.97 Å². The Labute approximate surface area is 150 Å². The van der Waals surface area contributed by atoms with Gasteiger partial charge >= 0.3 is 5.97 Å². The van der Waals surface area contributed by atoms with Crippen molar-refractivity contribution in [2.24, 2.45) is 0 Å². The van der Waals surface area contributed by atoms with Crippen molar-refractivity contribution in [1.82, 2.24) is 0 Å². The van der Waals surface area contributed by atoms with Crippen LogP contribution in [0.5, 0.6) is 5.75 Å². The molecule has 0 heterocycles. The summed E-state index contributed by atoms with van der Waals surface area (Å²) >= 11 is 0. The van der Waals surface area contributed by atoms with E-state index in [1.165, 1.54) is 32.1 Å². The molecular weight excluding hydrogens is 312 g/mol. The van der Waals surface area contributed by atoms with E-state index in [0.717, 1.165) is 23.1 Å². The molecule has 0 saturated carbocycles. The van der Waals surface area contributed by atoms with E-state index in [9.17, 15) is 9.90 Å². The Morgan fingerprint density at radius 2 is 1.68 bits per heavy atom. The lowest BCUT2D eigenvalue weighted by atomic mass is 9.88. The van der Waals surface area contributed by atoms with Crippen LogP contribution in [0.2, 0.25) is 0 Å². The van der Waals surface area contributed by atoms with Crippen LogP contribution in [-0.2, 0) is 0 Å². The summed E-state index contributed by atoms with van der Waals surface area (Å²) in [4.78, 5) is 11.0. The van der Waals surface area contributed by atoms with E-state index >= 15 is 0 Å². The van der Waals surface area contributed by atoms with Crippen molar-refractivity contribution >= 4 is 5.97 Å². The summed E-state index contributed by atoms with van der Waals surface area (Å²) in [6.45, 7) is 4.42. The van der Waals surface area contributed by atoms with E-state index in [2.05, 4.69) is 13.8 Å². The Hall–Kier alpha value is -2.29. The van der Waals surface area contributed by atoms with Gasteiger partial charge in [-0.2, -0.15) is 0 Å². The SMILES string of the molecule is CCCCCCC[C@@H](C)c1cc(O)ccc1-c1ccc(C(=O)O)cc1. The summed E-state index contributed by atoms with van der Waals surface area (Å²) in [5.74, 6) is -0.292. The first-order valence-corrected chi connectivity index (χ1v) is 9.19. The van der Waals surface area contributed by atoms with Gasteiger partial charge in [0.15, 0.2) is 0 Å². The Kier molecular flexibility index (Phi) is 7.05. The lowest BCUT2D eigenvalue weighted by molar-refractivity contribution is 0.0697. The van der Waals surface area contributed by atoms with Crippen LogP contribution in [0.25, 0.3) is 11.1 Å². The zero-order valence-electron chi connectivity index (χ0n) is 15.2. The molecular formula is C22H28O3. The largest absolute Gasteiger partial charge is 0.508 e. The summed E-state index contributed by atoms with van der Waals surface area (Å²) in [6, 6.07) is 12.4. The van der Waals surface area contributed by atoms with Gasteiger partial charge in [-0.25, -0.2) is 4.79 Å². The van der Waals surface area contributed by atoms with Crippen LogP contribution in [0.4, 0.5) is 0 Å². The molecule has 0 spiro atoms. The van der Waals surface area contributed by atoms with Crippen LogP contribution >= 0.6 is 0 Å². The van der Waals surface area contributed by atoms with Crippen LogP contribution in [0.1, 0.15) is 74.2 Å². The van der Waals surface area contributed by atoms with Crippen LogP contribution in [0.3, 0.4) is 0 Å². The molecule has 0 fully saturated rings. The van der Waals surface area contributed by atoms with Gasteiger partial charge in [-0.15, -0.1) is 0 Å². The summed E-state index contributed by atoms with van der Waals surface area (Å²) in [7, 11) is 0. The van der Waals surface area contributed by atoms with Crippen molar-refractivity contribution in [3.63, 3.8) is 0 Å². The van der Waals surface area contributed by atoms with Crippen molar-refractivity contribution in [3.8, 4) is 16.9 Å².